The highest BCUT2D eigenvalue weighted by atomic mass is 13.8. The van der Waals surface area contributed by atoms with E-state index < -0.39 is 0 Å². The topological polar surface area (TPSA) is 0 Å². The van der Waals surface area contributed by atoms with Crippen molar-refractivity contribution in [3.05, 3.63) is 61.3 Å². The van der Waals surface area contributed by atoms with Crippen LogP contribution in [0.1, 0.15) is 61.3 Å². The van der Waals surface area contributed by atoms with Crippen LogP contribution in [0.5, 0.6) is 0 Å². The SMILES string of the molecule is C=C/C=C(C)\C=C\C.C=CC(=C)CC.CC.CCC. The third-order valence-corrected chi connectivity index (χ3v) is 1.55. The van der Waals surface area contributed by atoms with Crippen LogP contribution in [-0.2, 0) is 0 Å². The molecule has 0 bridgehead atoms. The van der Waals surface area contributed by atoms with Gasteiger partial charge in [-0.05, 0) is 20.3 Å². The maximum atomic E-state index is 3.67. The first-order valence-corrected chi connectivity index (χ1v) is 7.25. The molecule has 0 saturated heterocycles. The predicted octanol–water partition coefficient (Wildman–Crippen LogP) is 7.28. The molecule has 0 saturated carbocycles. The van der Waals surface area contributed by atoms with Crippen LogP contribution in [0, 0.1) is 0 Å². The Hall–Kier alpha value is -1.30. The fraction of sp³-hybridized carbons (Fsp3) is 0.474. The molecule has 0 fully saturated rings. The van der Waals surface area contributed by atoms with E-state index in [1.807, 2.05) is 45.9 Å². The Labute approximate surface area is 123 Å². The molecule has 0 aromatic rings. The Morgan fingerprint density at radius 1 is 1.05 bits per heavy atom. The molecule has 19 heavy (non-hydrogen) atoms. The van der Waals surface area contributed by atoms with Crippen molar-refractivity contribution in [1.29, 1.82) is 0 Å². The molecule has 0 amide bonds. The van der Waals surface area contributed by atoms with Gasteiger partial charge in [-0.25, -0.2) is 0 Å². The minimum Gasteiger partial charge on any atom is -0.0991 e. The van der Waals surface area contributed by atoms with Gasteiger partial charge in [0.15, 0.2) is 0 Å². The Morgan fingerprint density at radius 3 is 1.63 bits per heavy atom. The van der Waals surface area contributed by atoms with Crippen molar-refractivity contribution >= 4 is 0 Å². The van der Waals surface area contributed by atoms with Crippen molar-refractivity contribution in [3.8, 4) is 0 Å². The molecule has 0 aliphatic rings. The Balaban J connectivity index is -0.0000000904. The van der Waals surface area contributed by atoms with Crippen LogP contribution < -0.4 is 0 Å². The van der Waals surface area contributed by atoms with Crippen LogP contribution in [-0.4, -0.2) is 0 Å². The Kier molecular flexibility index (Phi) is 41.6. The van der Waals surface area contributed by atoms with Gasteiger partial charge in [-0.15, -0.1) is 0 Å². The van der Waals surface area contributed by atoms with Crippen LogP contribution in [0.25, 0.3) is 0 Å². The predicted molar refractivity (Wildman–Crippen MR) is 95.7 cm³/mol. The number of allylic oxidation sites excluding steroid dienone is 7. The molecule has 0 radical (unpaired) electrons. The van der Waals surface area contributed by atoms with Gasteiger partial charge in [0.25, 0.3) is 0 Å². The summed E-state index contributed by atoms with van der Waals surface area (Å²) in [4.78, 5) is 0. The van der Waals surface area contributed by atoms with Gasteiger partial charge >= 0.3 is 0 Å². The molecule has 0 atom stereocenters. The highest BCUT2D eigenvalue weighted by molar-refractivity contribution is 5.19. The Bertz CT molecular complexity index is 239. The second-order valence-corrected chi connectivity index (χ2v) is 3.57. The zero-order chi connectivity index (χ0) is 16.1. The van der Waals surface area contributed by atoms with Crippen LogP contribution >= 0.6 is 0 Å². The fourth-order valence-corrected chi connectivity index (χ4v) is 0.649. The summed E-state index contributed by atoms with van der Waals surface area (Å²) >= 11 is 0. The lowest BCUT2D eigenvalue weighted by molar-refractivity contribution is 1.09. The van der Waals surface area contributed by atoms with E-state index in [0.717, 1.165) is 12.0 Å². The maximum absolute atomic E-state index is 3.67. The monoisotopic (exact) mass is 264 g/mol. The smallest absolute Gasteiger partial charge is 0.0314 e. The summed E-state index contributed by atoms with van der Waals surface area (Å²) in [6, 6.07) is 0. The lowest BCUT2D eigenvalue weighted by Crippen LogP contribution is -1.62. The Morgan fingerprint density at radius 2 is 1.47 bits per heavy atom. The quantitative estimate of drug-likeness (QED) is 0.468. The summed E-state index contributed by atoms with van der Waals surface area (Å²) in [5, 5.41) is 0. The molecule has 0 aromatic heterocycles. The molecule has 0 aliphatic heterocycles. The first-order valence-electron chi connectivity index (χ1n) is 7.25. The number of hydrogen-bond acceptors (Lipinski definition) is 0. The van der Waals surface area contributed by atoms with Crippen molar-refractivity contribution in [2.45, 2.75) is 61.3 Å². The first kappa shape index (κ1) is 26.3. The molecule has 0 heteroatoms. The van der Waals surface area contributed by atoms with Gasteiger partial charge < -0.3 is 0 Å². The van der Waals surface area contributed by atoms with Gasteiger partial charge in [-0.2, -0.15) is 0 Å². The van der Waals surface area contributed by atoms with E-state index >= 15 is 0 Å². The standard InChI is InChI=1S/C8H12.C6H10.C3H8.C2H6/c1-4-6-8(3)7-5-2;1-4-6(3)5-2;1-3-2;1-2/h4-7H,1H2,2-3H3;4H,1,3,5H2,2H3;3H2,1-2H3;1-2H3/b7-5+,8-6-;;;. The van der Waals surface area contributed by atoms with Crippen LogP contribution in [0.2, 0.25) is 0 Å². The number of hydrogen-bond donors (Lipinski definition) is 0. The molecule has 0 aliphatic carbocycles. The summed E-state index contributed by atoms with van der Waals surface area (Å²) in [5.74, 6) is 0. The van der Waals surface area contributed by atoms with Crippen LogP contribution in [0.15, 0.2) is 61.3 Å². The van der Waals surface area contributed by atoms with Crippen LogP contribution in [0.3, 0.4) is 0 Å². The summed E-state index contributed by atoms with van der Waals surface area (Å²) in [7, 11) is 0. The summed E-state index contributed by atoms with van der Waals surface area (Å²) < 4.78 is 0. The van der Waals surface area contributed by atoms with Crippen molar-refractivity contribution in [1.82, 2.24) is 0 Å². The van der Waals surface area contributed by atoms with E-state index in [0.29, 0.717) is 0 Å². The molecule has 0 N–H and O–H groups in total. The molecule has 0 rings (SSSR count). The fourth-order valence-electron chi connectivity index (χ4n) is 0.649. The molecule has 0 heterocycles. The lowest BCUT2D eigenvalue weighted by Gasteiger charge is -1.83. The second-order valence-electron chi connectivity index (χ2n) is 3.57. The molecule has 112 valence electrons. The van der Waals surface area contributed by atoms with Crippen molar-refractivity contribution in [2.75, 3.05) is 0 Å². The van der Waals surface area contributed by atoms with E-state index in [1.165, 1.54) is 12.0 Å². The third-order valence-electron chi connectivity index (χ3n) is 1.55. The molecule has 0 spiro atoms. The molecular weight excluding hydrogens is 228 g/mol. The molecule has 0 nitrogen and oxygen atoms in total. The average Bonchev–Trinajstić information content (AvgIpc) is 2.42. The van der Waals surface area contributed by atoms with E-state index in [9.17, 15) is 0 Å². The minimum atomic E-state index is 1.02. The summed E-state index contributed by atoms with van der Waals surface area (Å²) in [5.41, 5.74) is 2.34. The average molecular weight is 264 g/mol. The van der Waals surface area contributed by atoms with Gasteiger partial charge in [-0.3, -0.25) is 0 Å². The molecule has 0 aromatic carbocycles. The van der Waals surface area contributed by atoms with E-state index in [-0.39, 0.29) is 0 Å². The van der Waals surface area contributed by atoms with Crippen LogP contribution in [0.4, 0.5) is 0 Å². The van der Waals surface area contributed by atoms with Gasteiger partial charge in [-0.1, -0.05) is 102 Å². The highest BCUT2D eigenvalue weighted by Gasteiger charge is 1.73. The zero-order valence-electron chi connectivity index (χ0n) is 14.4. The van der Waals surface area contributed by atoms with E-state index in [4.69, 9.17) is 0 Å². The van der Waals surface area contributed by atoms with Crippen molar-refractivity contribution in [3.63, 3.8) is 0 Å². The zero-order valence-corrected chi connectivity index (χ0v) is 14.4. The van der Waals surface area contributed by atoms with E-state index in [2.05, 4.69) is 40.5 Å². The van der Waals surface area contributed by atoms with Gasteiger partial charge in [0, 0.05) is 0 Å². The first-order chi connectivity index (χ1) is 9.03. The summed E-state index contributed by atoms with van der Waals surface area (Å²) in [6.07, 6.45) is 11.9. The van der Waals surface area contributed by atoms with Crippen molar-refractivity contribution in [2.24, 2.45) is 0 Å². The van der Waals surface area contributed by atoms with Gasteiger partial charge in [0.2, 0.25) is 0 Å². The van der Waals surface area contributed by atoms with Gasteiger partial charge in [0.05, 0.1) is 0 Å². The maximum Gasteiger partial charge on any atom is -0.0314 e. The van der Waals surface area contributed by atoms with Crippen molar-refractivity contribution < 1.29 is 0 Å². The normalized spacial score (nSPS) is 8.89. The van der Waals surface area contributed by atoms with Gasteiger partial charge in [0.1, 0.15) is 0 Å². The molecule has 0 unspecified atom stereocenters. The highest BCUT2D eigenvalue weighted by Crippen LogP contribution is 1.93. The third kappa shape index (κ3) is 47.7. The lowest BCUT2D eigenvalue weighted by atomic mass is 10.2. The largest absolute Gasteiger partial charge is 0.0991 e. The van der Waals surface area contributed by atoms with E-state index in [1.54, 1.807) is 12.2 Å². The minimum absolute atomic E-state index is 1.02. The number of rotatable bonds is 4. The molecular formula is C19H36. The second kappa shape index (κ2) is 30.1. The summed E-state index contributed by atoms with van der Waals surface area (Å²) in [6.45, 7) is 25.1.